The molecule has 102 valence electrons. The van der Waals surface area contributed by atoms with Gasteiger partial charge in [-0.15, -0.1) is 0 Å². The summed E-state index contributed by atoms with van der Waals surface area (Å²) in [4.78, 5) is 11.9. The third-order valence-corrected chi connectivity index (χ3v) is 3.77. The smallest absolute Gasteiger partial charge is 0.223 e. The molecule has 1 amide bonds. The molecule has 1 aromatic carbocycles. The lowest BCUT2D eigenvalue weighted by Gasteiger charge is -2.26. The van der Waals surface area contributed by atoms with Gasteiger partial charge < -0.3 is 10.4 Å². The van der Waals surface area contributed by atoms with Crippen LogP contribution in [0.2, 0.25) is 5.02 Å². The number of nitrogens with one attached hydrogen (secondary N) is 1. The number of amides is 1. The molecular formula is C15H18ClNO2. The fourth-order valence-electron chi connectivity index (χ4n) is 2.23. The zero-order chi connectivity index (χ0) is 13.9. The van der Waals surface area contributed by atoms with E-state index < -0.39 is 5.60 Å². The summed E-state index contributed by atoms with van der Waals surface area (Å²) in [6, 6.07) is 7.13. The second kappa shape index (κ2) is 5.76. The van der Waals surface area contributed by atoms with Crippen molar-refractivity contribution in [3.8, 4) is 0 Å². The summed E-state index contributed by atoms with van der Waals surface area (Å²) in [5, 5.41) is 13.8. The minimum Gasteiger partial charge on any atom is -0.384 e. The molecule has 4 heteroatoms. The molecule has 0 spiro atoms. The van der Waals surface area contributed by atoms with Crippen molar-refractivity contribution in [2.24, 2.45) is 5.92 Å². The summed E-state index contributed by atoms with van der Waals surface area (Å²) in [6.07, 6.45) is 5.58. The molecule has 19 heavy (non-hydrogen) atoms. The van der Waals surface area contributed by atoms with E-state index in [0.29, 0.717) is 10.6 Å². The van der Waals surface area contributed by atoms with Crippen LogP contribution in [0.1, 0.15) is 25.3 Å². The van der Waals surface area contributed by atoms with Crippen molar-refractivity contribution in [3.05, 3.63) is 47.0 Å². The van der Waals surface area contributed by atoms with Gasteiger partial charge in [-0.05, 0) is 25.8 Å². The number of aliphatic hydroxyl groups is 1. The number of halogens is 1. The zero-order valence-corrected chi connectivity index (χ0v) is 11.7. The maximum Gasteiger partial charge on any atom is 0.223 e. The average molecular weight is 280 g/mol. The Hall–Kier alpha value is -1.32. The van der Waals surface area contributed by atoms with E-state index in [4.69, 9.17) is 11.6 Å². The third-order valence-electron chi connectivity index (χ3n) is 3.44. The first-order valence-electron chi connectivity index (χ1n) is 6.41. The highest BCUT2D eigenvalue weighted by molar-refractivity contribution is 6.31. The number of rotatable bonds is 4. The van der Waals surface area contributed by atoms with Crippen LogP contribution in [0.25, 0.3) is 0 Å². The average Bonchev–Trinajstić information content (AvgIpc) is 2.90. The van der Waals surface area contributed by atoms with Crippen molar-refractivity contribution >= 4 is 17.5 Å². The van der Waals surface area contributed by atoms with Gasteiger partial charge in [0.05, 0.1) is 6.54 Å². The van der Waals surface area contributed by atoms with Crippen molar-refractivity contribution in [2.45, 2.75) is 25.4 Å². The highest BCUT2D eigenvalue weighted by atomic mass is 35.5. The number of hydrogen-bond donors (Lipinski definition) is 2. The van der Waals surface area contributed by atoms with Crippen LogP contribution in [0, 0.1) is 5.92 Å². The van der Waals surface area contributed by atoms with Crippen LogP contribution < -0.4 is 5.32 Å². The second-order valence-corrected chi connectivity index (χ2v) is 5.52. The highest BCUT2D eigenvalue weighted by Crippen LogP contribution is 2.27. The monoisotopic (exact) mass is 279 g/mol. The van der Waals surface area contributed by atoms with Gasteiger partial charge in [0.2, 0.25) is 5.91 Å². The predicted octanol–water partition coefficient (Wildman–Crippen LogP) is 2.63. The van der Waals surface area contributed by atoms with Crippen LogP contribution in [0.3, 0.4) is 0 Å². The van der Waals surface area contributed by atoms with Crippen LogP contribution in [0.4, 0.5) is 0 Å². The molecule has 2 N–H and O–H groups in total. The first-order valence-corrected chi connectivity index (χ1v) is 6.78. The van der Waals surface area contributed by atoms with Crippen LogP contribution in [-0.4, -0.2) is 17.6 Å². The molecule has 0 saturated carbocycles. The molecule has 0 saturated heterocycles. The Kier molecular flexibility index (Phi) is 4.27. The molecule has 0 aliphatic heterocycles. The van der Waals surface area contributed by atoms with Crippen LogP contribution in [0.15, 0.2) is 36.4 Å². The molecule has 3 nitrogen and oxygen atoms in total. The summed E-state index contributed by atoms with van der Waals surface area (Å²) in [5.41, 5.74) is -0.540. The third kappa shape index (κ3) is 3.37. The number of benzene rings is 1. The van der Waals surface area contributed by atoms with Crippen molar-refractivity contribution in [3.63, 3.8) is 0 Å². The van der Waals surface area contributed by atoms with Gasteiger partial charge in [-0.25, -0.2) is 0 Å². The van der Waals surface area contributed by atoms with E-state index in [9.17, 15) is 9.90 Å². The van der Waals surface area contributed by atoms with E-state index in [2.05, 4.69) is 5.32 Å². The first kappa shape index (κ1) is 14.1. The quantitative estimate of drug-likeness (QED) is 0.833. The second-order valence-electron chi connectivity index (χ2n) is 5.11. The van der Waals surface area contributed by atoms with E-state index in [1.54, 1.807) is 19.1 Å². The van der Waals surface area contributed by atoms with Gasteiger partial charge in [-0.1, -0.05) is 42.0 Å². The first-order chi connectivity index (χ1) is 9.00. The van der Waals surface area contributed by atoms with Crippen molar-refractivity contribution in [2.75, 3.05) is 6.54 Å². The summed E-state index contributed by atoms with van der Waals surface area (Å²) >= 11 is 6.07. The highest BCUT2D eigenvalue weighted by Gasteiger charge is 2.27. The van der Waals surface area contributed by atoms with Gasteiger partial charge in [-0.2, -0.15) is 0 Å². The van der Waals surface area contributed by atoms with Crippen molar-refractivity contribution < 1.29 is 9.90 Å². The largest absolute Gasteiger partial charge is 0.384 e. The summed E-state index contributed by atoms with van der Waals surface area (Å²) < 4.78 is 0. The zero-order valence-electron chi connectivity index (χ0n) is 10.9. The lowest BCUT2D eigenvalue weighted by atomic mass is 9.95. The molecule has 1 aromatic rings. The number of allylic oxidation sites excluding steroid dienone is 2. The van der Waals surface area contributed by atoms with E-state index >= 15 is 0 Å². The number of carbonyl (C=O) groups is 1. The summed E-state index contributed by atoms with van der Waals surface area (Å²) in [5.74, 6) is -0.0145. The van der Waals surface area contributed by atoms with E-state index in [1.165, 1.54) is 0 Å². The van der Waals surface area contributed by atoms with Crippen molar-refractivity contribution in [1.82, 2.24) is 5.32 Å². The van der Waals surface area contributed by atoms with Gasteiger partial charge in [0, 0.05) is 16.5 Å². The summed E-state index contributed by atoms with van der Waals surface area (Å²) in [6.45, 7) is 1.81. The predicted molar refractivity (Wildman–Crippen MR) is 75.9 cm³/mol. The molecule has 1 unspecified atom stereocenters. The van der Waals surface area contributed by atoms with Gasteiger partial charge >= 0.3 is 0 Å². The van der Waals surface area contributed by atoms with E-state index in [0.717, 1.165) is 12.8 Å². The van der Waals surface area contributed by atoms with E-state index in [1.807, 2.05) is 24.3 Å². The molecule has 0 radical (unpaired) electrons. The van der Waals surface area contributed by atoms with Gasteiger partial charge in [-0.3, -0.25) is 4.79 Å². The van der Waals surface area contributed by atoms with Crippen LogP contribution >= 0.6 is 11.6 Å². The molecule has 1 aliphatic rings. The molecular weight excluding hydrogens is 262 g/mol. The lowest BCUT2D eigenvalue weighted by molar-refractivity contribution is -0.125. The standard InChI is InChI=1S/C15H18ClNO2/c1-15(19,12-8-4-5-9-13(12)16)10-17-14(18)11-6-2-3-7-11/h2-5,8-9,11,19H,6-7,10H2,1H3,(H,17,18). The Morgan fingerprint density at radius 3 is 2.68 bits per heavy atom. The molecule has 0 heterocycles. The maximum absolute atomic E-state index is 11.9. The molecule has 2 rings (SSSR count). The van der Waals surface area contributed by atoms with Gasteiger partial charge in [0.25, 0.3) is 0 Å². The van der Waals surface area contributed by atoms with Gasteiger partial charge in [0.1, 0.15) is 5.60 Å². The Morgan fingerprint density at radius 2 is 2.05 bits per heavy atom. The Bertz CT molecular complexity index is 489. The molecule has 1 atom stereocenters. The number of hydrogen-bond acceptors (Lipinski definition) is 2. The fourth-order valence-corrected chi connectivity index (χ4v) is 2.57. The van der Waals surface area contributed by atoms with Crippen LogP contribution in [-0.2, 0) is 10.4 Å². The fraction of sp³-hybridized carbons (Fsp3) is 0.400. The minimum absolute atomic E-state index is 0.00189. The van der Waals surface area contributed by atoms with E-state index in [-0.39, 0.29) is 18.4 Å². The van der Waals surface area contributed by atoms with Gasteiger partial charge in [0.15, 0.2) is 0 Å². The Labute approximate surface area is 118 Å². The lowest BCUT2D eigenvalue weighted by Crippen LogP contribution is -2.41. The summed E-state index contributed by atoms with van der Waals surface area (Å²) in [7, 11) is 0. The number of carbonyl (C=O) groups excluding carboxylic acids is 1. The van der Waals surface area contributed by atoms with Crippen LogP contribution in [0.5, 0.6) is 0 Å². The molecule has 0 aromatic heterocycles. The maximum atomic E-state index is 11.9. The molecule has 0 fully saturated rings. The molecule has 0 bridgehead atoms. The topological polar surface area (TPSA) is 49.3 Å². The molecule has 1 aliphatic carbocycles. The Morgan fingerprint density at radius 1 is 1.42 bits per heavy atom. The normalized spacial score (nSPS) is 18.3. The SMILES string of the molecule is CC(O)(CNC(=O)C1CC=CC1)c1ccccc1Cl. The minimum atomic E-state index is -1.17. The Balaban J connectivity index is 1.97. The van der Waals surface area contributed by atoms with Crippen molar-refractivity contribution in [1.29, 1.82) is 0 Å².